The minimum Gasteiger partial charge on any atom is -0.354 e. The van der Waals surface area contributed by atoms with Gasteiger partial charge in [-0.05, 0) is 43.2 Å². The highest BCUT2D eigenvalue weighted by Gasteiger charge is 2.19. The van der Waals surface area contributed by atoms with E-state index >= 15 is 0 Å². The molecule has 0 unspecified atom stereocenters. The van der Waals surface area contributed by atoms with E-state index in [9.17, 15) is 13.2 Å². The molecule has 0 saturated heterocycles. The number of sulfonamides is 1. The maximum absolute atomic E-state index is 12.2. The number of rotatable bonds is 7. The van der Waals surface area contributed by atoms with Gasteiger partial charge in [0.05, 0.1) is 24.9 Å². The van der Waals surface area contributed by atoms with Crippen molar-refractivity contribution < 1.29 is 13.2 Å². The molecule has 0 spiro atoms. The maximum atomic E-state index is 12.2. The van der Waals surface area contributed by atoms with Crippen LogP contribution in [0, 0.1) is 13.8 Å². The molecule has 5 nitrogen and oxygen atoms in total. The third-order valence-electron chi connectivity index (χ3n) is 3.94. The van der Waals surface area contributed by atoms with Crippen molar-refractivity contribution in [3.05, 3.63) is 64.2 Å². The number of hydrogen-bond donors (Lipinski definition) is 1. The number of halogens is 1. The molecule has 2 aromatic carbocycles. The normalized spacial score (nSPS) is 11.2. The molecule has 2 rings (SSSR count). The van der Waals surface area contributed by atoms with Crippen molar-refractivity contribution in [3.63, 3.8) is 0 Å². The van der Waals surface area contributed by atoms with E-state index in [1.807, 2.05) is 26.0 Å². The Morgan fingerprint density at radius 3 is 2.35 bits per heavy atom. The Bertz CT molecular complexity index is 880. The summed E-state index contributed by atoms with van der Waals surface area (Å²) in [7, 11) is -3.45. The summed E-state index contributed by atoms with van der Waals surface area (Å²) in [5, 5.41) is 3.39. The molecule has 1 N–H and O–H groups in total. The van der Waals surface area contributed by atoms with E-state index in [4.69, 9.17) is 11.6 Å². The number of carbonyl (C=O) groups excluding carboxylic acids is 1. The van der Waals surface area contributed by atoms with Gasteiger partial charge in [0.2, 0.25) is 15.9 Å². The minimum absolute atomic E-state index is 0.165. The second-order valence-electron chi connectivity index (χ2n) is 6.28. The molecule has 0 saturated carbocycles. The summed E-state index contributed by atoms with van der Waals surface area (Å²) in [6.45, 7) is 4.24. The Labute approximate surface area is 160 Å². The summed E-state index contributed by atoms with van der Waals surface area (Å²) in [6.07, 6.45) is 1.39. The molecule has 0 fully saturated rings. The van der Waals surface area contributed by atoms with Gasteiger partial charge in [0.15, 0.2) is 0 Å². The van der Waals surface area contributed by atoms with Crippen LogP contribution in [0.2, 0.25) is 5.02 Å². The zero-order valence-corrected chi connectivity index (χ0v) is 16.7. The smallest absolute Gasteiger partial charge is 0.232 e. The number of nitrogens with one attached hydrogen (secondary N) is 1. The summed E-state index contributed by atoms with van der Waals surface area (Å²) in [5.74, 6) is -0.165. The van der Waals surface area contributed by atoms with Gasteiger partial charge in [-0.25, -0.2) is 8.42 Å². The van der Waals surface area contributed by atoms with Gasteiger partial charge < -0.3 is 5.32 Å². The van der Waals surface area contributed by atoms with Gasteiger partial charge in [0, 0.05) is 11.6 Å². The monoisotopic (exact) mass is 394 g/mol. The van der Waals surface area contributed by atoms with Crippen molar-refractivity contribution in [3.8, 4) is 0 Å². The first-order chi connectivity index (χ1) is 12.2. The first kappa shape index (κ1) is 20.3. The molecule has 1 amide bonds. The van der Waals surface area contributed by atoms with E-state index in [2.05, 4.69) is 5.32 Å². The molecule has 0 radical (unpaired) electrons. The summed E-state index contributed by atoms with van der Waals surface area (Å²) in [6, 6.07) is 12.7. The van der Waals surface area contributed by atoms with Crippen molar-refractivity contribution >= 4 is 33.2 Å². The minimum atomic E-state index is -3.45. The Morgan fingerprint density at radius 1 is 1.12 bits per heavy atom. The molecule has 7 heteroatoms. The number of amides is 1. The number of carbonyl (C=O) groups is 1. The van der Waals surface area contributed by atoms with Crippen molar-refractivity contribution in [2.45, 2.75) is 20.3 Å². The quantitative estimate of drug-likeness (QED) is 0.784. The second kappa shape index (κ2) is 8.56. The fraction of sp³-hybridized carbons (Fsp3) is 0.316. The highest BCUT2D eigenvalue weighted by molar-refractivity contribution is 7.92. The van der Waals surface area contributed by atoms with Gasteiger partial charge in [-0.2, -0.15) is 0 Å². The number of hydrogen-bond acceptors (Lipinski definition) is 3. The van der Waals surface area contributed by atoms with E-state index in [-0.39, 0.29) is 25.4 Å². The van der Waals surface area contributed by atoms with Crippen LogP contribution in [0.3, 0.4) is 0 Å². The first-order valence-electron chi connectivity index (χ1n) is 8.23. The van der Waals surface area contributed by atoms with Crippen LogP contribution in [-0.2, 0) is 21.2 Å². The predicted octanol–water partition coefficient (Wildman–Crippen LogP) is 3.08. The largest absolute Gasteiger partial charge is 0.354 e. The van der Waals surface area contributed by atoms with Gasteiger partial charge in [0.25, 0.3) is 0 Å². The molecular weight excluding hydrogens is 372 g/mol. The van der Waals surface area contributed by atoms with E-state index in [0.29, 0.717) is 10.7 Å². The lowest BCUT2D eigenvalue weighted by Crippen LogP contribution is -2.38. The zero-order valence-electron chi connectivity index (χ0n) is 15.1. The topological polar surface area (TPSA) is 66.5 Å². The third-order valence-corrected chi connectivity index (χ3v) is 5.37. The Morgan fingerprint density at radius 2 is 1.77 bits per heavy atom. The van der Waals surface area contributed by atoms with Crippen LogP contribution in [0.4, 0.5) is 5.69 Å². The SMILES string of the molecule is Cc1ccc(N(CCNC(=O)Cc2ccc(Cl)cc2)S(C)(=O)=O)c(C)c1. The summed E-state index contributed by atoms with van der Waals surface area (Å²) >= 11 is 5.83. The van der Waals surface area contributed by atoms with Crippen LogP contribution in [0.1, 0.15) is 16.7 Å². The molecule has 0 bridgehead atoms. The molecule has 0 atom stereocenters. The standard InChI is InChI=1S/C19H23ClN2O3S/c1-14-4-9-18(15(2)12-14)22(26(3,24)25)11-10-21-19(23)13-16-5-7-17(20)8-6-16/h4-9,12H,10-11,13H2,1-3H3,(H,21,23). The zero-order chi connectivity index (χ0) is 19.3. The van der Waals surface area contributed by atoms with Crippen LogP contribution >= 0.6 is 11.6 Å². The lowest BCUT2D eigenvalue weighted by molar-refractivity contribution is -0.120. The first-order valence-corrected chi connectivity index (χ1v) is 10.5. The van der Waals surface area contributed by atoms with Crippen LogP contribution < -0.4 is 9.62 Å². The molecule has 0 heterocycles. The Kier molecular flexibility index (Phi) is 6.67. The van der Waals surface area contributed by atoms with E-state index in [1.54, 1.807) is 30.3 Å². The number of anilines is 1. The van der Waals surface area contributed by atoms with Crippen molar-refractivity contribution in [1.82, 2.24) is 5.32 Å². The van der Waals surface area contributed by atoms with E-state index in [1.165, 1.54) is 10.6 Å². The van der Waals surface area contributed by atoms with Gasteiger partial charge in [-0.15, -0.1) is 0 Å². The molecule has 0 aliphatic heterocycles. The average molecular weight is 395 g/mol. The van der Waals surface area contributed by atoms with Crippen molar-refractivity contribution in [1.29, 1.82) is 0 Å². The highest BCUT2D eigenvalue weighted by Crippen LogP contribution is 2.23. The van der Waals surface area contributed by atoms with Crippen LogP contribution in [0.25, 0.3) is 0 Å². The molecule has 26 heavy (non-hydrogen) atoms. The molecule has 140 valence electrons. The predicted molar refractivity (Wildman–Crippen MR) is 106 cm³/mol. The third kappa shape index (κ3) is 5.75. The number of benzene rings is 2. The van der Waals surface area contributed by atoms with Crippen LogP contribution in [-0.4, -0.2) is 33.7 Å². The van der Waals surface area contributed by atoms with Crippen LogP contribution in [0.5, 0.6) is 0 Å². The summed E-state index contributed by atoms with van der Waals surface area (Å²) in [5.41, 5.74) is 3.42. The van der Waals surface area contributed by atoms with Crippen molar-refractivity contribution in [2.75, 3.05) is 23.7 Å². The number of nitrogens with zero attached hydrogens (tertiary/aromatic N) is 1. The highest BCUT2D eigenvalue weighted by atomic mass is 35.5. The molecule has 2 aromatic rings. The lowest BCUT2D eigenvalue weighted by atomic mass is 10.1. The fourth-order valence-electron chi connectivity index (χ4n) is 2.70. The van der Waals surface area contributed by atoms with Gasteiger partial charge in [-0.3, -0.25) is 9.10 Å². The van der Waals surface area contributed by atoms with Gasteiger partial charge in [-0.1, -0.05) is 41.4 Å². The van der Waals surface area contributed by atoms with Crippen LogP contribution in [0.15, 0.2) is 42.5 Å². The lowest BCUT2D eigenvalue weighted by Gasteiger charge is -2.24. The van der Waals surface area contributed by atoms with Gasteiger partial charge in [0.1, 0.15) is 0 Å². The van der Waals surface area contributed by atoms with E-state index < -0.39 is 10.0 Å². The van der Waals surface area contributed by atoms with Crippen molar-refractivity contribution in [2.24, 2.45) is 0 Å². The molecular formula is C19H23ClN2O3S. The summed E-state index contributed by atoms with van der Waals surface area (Å²) < 4.78 is 25.7. The fourth-order valence-corrected chi connectivity index (χ4v) is 3.81. The van der Waals surface area contributed by atoms with E-state index in [0.717, 1.165) is 16.7 Å². The summed E-state index contributed by atoms with van der Waals surface area (Å²) in [4.78, 5) is 12.1. The maximum Gasteiger partial charge on any atom is 0.232 e. The molecule has 0 aliphatic carbocycles. The molecule has 0 aromatic heterocycles. The average Bonchev–Trinajstić information content (AvgIpc) is 2.54. The number of aryl methyl sites for hydroxylation is 2. The van der Waals surface area contributed by atoms with Gasteiger partial charge >= 0.3 is 0 Å². The second-order valence-corrected chi connectivity index (χ2v) is 8.62. The molecule has 0 aliphatic rings. The Balaban J connectivity index is 1.99. The Hall–Kier alpha value is -2.05.